The summed E-state index contributed by atoms with van der Waals surface area (Å²) in [6.45, 7) is 0. The van der Waals surface area contributed by atoms with E-state index < -0.39 is 0 Å². The van der Waals surface area contributed by atoms with Crippen molar-refractivity contribution in [3.63, 3.8) is 0 Å². The third kappa shape index (κ3) is 3.45. The molecule has 0 saturated heterocycles. The molecule has 0 radical (unpaired) electrons. The number of benzene rings is 2. The molecule has 2 nitrogen and oxygen atoms in total. The van der Waals surface area contributed by atoms with Gasteiger partial charge in [0.2, 0.25) is 0 Å². The lowest BCUT2D eigenvalue weighted by atomic mass is 10.0. The number of nitrogen functional groups attached to an aromatic ring is 1. The zero-order valence-electron chi connectivity index (χ0n) is 10.9. The van der Waals surface area contributed by atoms with Crippen molar-refractivity contribution in [1.82, 2.24) is 0 Å². The predicted octanol–water partition coefficient (Wildman–Crippen LogP) is 4.35. The molecule has 2 aromatic carbocycles. The highest BCUT2D eigenvalue weighted by atomic mass is 79.9. The smallest absolute Gasteiger partial charge is 0.118 e. The van der Waals surface area contributed by atoms with E-state index in [-0.39, 0.29) is 0 Å². The van der Waals surface area contributed by atoms with Gasteiger partial charge in [-0.1, -0.05) is 12.1 Å². The lowest BCUT2D eigenvalue weighted by Gasteiger charge is -2.10. The van der Waals surface area contributed by atoms with Crippen molar-refractivity contribution >= 4 is 33.4 Å². The second-order valence-corrected chi connectivity index (χ2v) is 5.91. The van der Waals surface area contributed by atoms with Crippen LogP contribution in [0.2, 0.25) is 0 Å². The fourth-order valence-electron chi connectivity index (χ4n) is 1.88. The maximum Gasteiger partial charge on any atom is 0.118 e. The Morgan fingerprint density at radius 3 is 2.47 bits per heavy atom. The summed E-state index contributed by atoms with van der Waals surface area (Å²) in [5.41, 5.74) is 9.30. The van der Waals surface area contributed by atoms with Crippen molar-refractivity contribution in [2.75, 3.05) is 19.1 Å². The summed E-state index contributed by atoms with van der Waals surface area (Å²) in [6, 6.07) is 12.2. The highest BCUT2D eigenvalue weighted by molar-refractivity contribution is 9.10. The Morgan fingerprint density at radius 2 is 1.89 bits per heavy atom. The molecule has 2 rings (SSSR count). The summed E-state index contributed by atoms with van der Waals surface area (Å²) in [5.74, 6) is 0.871. The van der Waals surface area contributed by atoms with Gasteiger partial charge in [-0.25, -0.2) is 0 Å². The molecule has 0 fully saturated rings. The molecule has 0 aliphatic heterocycles. The van der Waals surface area contributed by atoms with E-state index in [1.807, 2.05) is 24.5 Å². The molecule has 0 amide bonds. The van der Waals surface area contributed by atoms with Gasteiger partial charge in [-0.2, -0.15) is 0 Å². The van der Waals surface area contributed by atoms with Gasteiger partial charge in [0, 0.05) is 15.1 Å². The minimum atomic E-state index is 0.823. The molecule has 0 aliphatic carbocycles. The fraction of sp³-hybridized carbons (Fsp3) is 0.200. The van der Waals surface area contributed by atoms with Crippen LogP contribution < -0.4 is 10.5 Å². The van der Waals surface area contributed by atoms with E-state index in [1.54, 1.807) is 18.9 Å². The minimum absolute atomic E-state index is 0.823. The first-order valence-electron chi connectivity index (χ1n) is 5.89. The van der Waals surface area contributed by atoms with Crippen LogP contribution in [0.1, 0.15) is 11.1 Å². The molecular weight excluding hydrogens is 322 g/mol. The van der Waals surface area contributed by atoms with Gasteiger partial charge in [0.15, 0.2) is 0 Å². The van der Waals surface area contributed by atoms with Crippen molar-refractivity contribution in [2.24, 2.45) is 0 Å². The van der Waals surface area contributed by atoms with Crippen molar-refractivity contribution in [1.29, 1.82) is 0 Å². The van der Waals surface area contributed by atoms with Gasteiger partial charge in [-0.05, 0) is 64.0 Å². The van der Waals surface area contributed by atoms with E-state index in [2.05, 4.69) is 34.1 Å². The van der Waals surface area contributed by atoms with Gasteiger partial charge >= 0.3 is 0 Å². The molecule has 0 spiro atoms. The largest absolute Gasteiger partial charge is 0.497 e. The highest BCUT2D eigenvalue weighted by Gasteiger charge is 2.06. The molecule has 4 heteroatoms. The number of nitrogens with two attached hydrogens (primary N) is 1. The Balaban J connectivity index is 2.25. The number of methoxy groups -OCH3 is 1. The van der Waals surface area contributed by atoms with Crippen LogP contribution in [0.4, 0.5) is 5.69 Å². The van der Waals surface area contributed by atoms with E-state index in [1.165, 1.54) is 5.56 Å². The van der Waals surface area contributed by atoms with Crippen LogP contribution in [0.25, 0.3) is 0 Å². The van der Waals surface area contributed by atoms with Gasteiger partial charge in [-0.15, -0.1) is 11.8 Å². The van der Waals surface area contributed by atoms with E-state index in [0.717, 1.165) is 32.8 Å². The maximum absolute atomic E-state index is 6.11. The molecule has 2 N–H and O–H groups in total. The molecule has 2 aromatic rings. The molecule has 0 atom stereocenters. The predicted molar refractivity (Wildman–Crippen MR) is 86.1 cm³/mol. The zero-order valence-corrected chi connectivity index (χ0v) is 13.3. The zero-order chi connectivity index (χ0) is 13.8. The average Bonchev–Trinajstić information content (AvgIpc) is 2.43. The molecule has 0 saturated carbocycles. The summed E-state index contributed by atoms with van der Waals surface area (Å²) in [4.78, 5) is 1.16. The topological polar surface area (TPSA) is 35.2 Å². The summed E-state index contributed by atoms with van der Waals surface area (Å²) in [7, 11) is 1.67. The molecule has 0 aliphatic rings. The number of anilines is 1. The van der Waals surface area contributed by atoms with E-state index in [9.17, 15) is 0 Å². The number of rotatable bonds is 4. The molecule has 19 heavy (non-hydrogen) atoms. The van der Waals surface area contributed by atoms with Crippen LogP contribution in [0, 0.1) is 0 Å². The summed E-state index contributed by atoms with van der Waals surface area (Å²) in [5, 5.41) is 0. The van der Waals surface area contributed by atoms with Crippen LogP contribution in [-0.2, 0) is 6.42 Å². The first-order valence-corrected chi connectivity index (χ1v) is 7.90. The second kappa shape index (κ2) is 6.35. The van der Waals surface area contributed by atoms with E-state index >= 15 is 0 Å². The van der Waals surface area contributed by atoms with Crippen LogP contribution >= 0.6 is 27.7 Å². The van der Waals surface area contributed by atoms with Crippen LogP contribution in [0.3, 0.4) is 0 Å². The number of halogens is 1. The van der Waals surface area contributed by atoms with Crippen molar-refractivity contribution in [3.05, 3.63) is 52.0 Å². The first kappa shape index (κ1) is 14.3. The van der Waals surface area contributed by atoms with Gasteiger partial charge < -0.3 is 10.5 Å². The molecule has 0 aromatic heterocycles. The highest BCUT2D eigenvalue weighted by Crippen LogP contribution is 2.31. The molecule has 100 valence electrons. The number of thioether (sulfide) groups is 1. The quantitative estimate of drug-likeness (QED) is 0.665. The van der Waals surface area contributed by atoms with Gasteiger partial charge in [0.25, 0.3) is 0 Å². The number of ether oxygens (including phenoxy) is 1. The molecular formula is C15H16BrNOS. The van der Waals surface area contributed by atoms with E-state index in [0.29, 0.717) is 0 Å². The number of hydrogen-bond acceptors (Lipinski definition) is 3. The Hall–Kier alpha value is -1.13. The number of hydrogen-bond donors (Lipinski definition) is 1. The molecule has 0 bridgehead atoms. The Morgan fingerprint density at radius 1 is 1.21 bits per heavy atom. The fourth-order valence-corrected chi connectivity index (χ4v) is 3.26. The van der Waals surface area contributed by atoms with Gasteiger partial charge in [-0.3, -0.25) is 0 Å². The third-order valence-corrected chi connectivity index (χ3v) is 4.66. The Labute approximate surface area is 126 Å². The van der Waals surface area contributed by atoms with Crippen molar-refractivity contribution in [2.45, 2.75) is 11.3 Å². The normalized spacial score (nSPS) is 10.5. The van der Waals surface area contributed by atoms with Crippen LogP contribution in [0.5, 0.6) is 5.75 Å². The van der Waals surface area contributed by atoms with Gasteiger partial charge in [0.1, 0.15) is 5.75 Å². The monoisotopic (exact) mass is 337 g/mol. The standard InChI is InChI=1S/C15H16BrNOS/c1-18-12-5-3-10(4-6-12)7-11-8-13(16)15(19-2)9-14(11)17/h3-6,8-9H,7,17H2,1-2H3. The Bertz CT molecular complexity index is 569. The first-order chi connectivity index (χ1) is 9.13. The molecule has 0 heterocycles. The maximum atomic E-state index is 6.11. The third-order valence-electron chi connectivity index (χ3n) is 2.97. The van der Waals surface area contributed by atoms with Crippen molar-refractivity contribution in [3.8, 4) is 5.75 Å². The summed E-state index contributed by atoms with van der Waals surface area (Å²) in [6.07, 6.45) is 2.87. The Kier molecular flexibility index (Phi) is 4.77. The SMILES string of the molecule is COc1ccc(Cc2cc(Br)c(SC)cc2N)cc1. The van der Waals surface area contributed by atoms with Gasteiger partial charge in [0.05, 0.1) is 7.11 Å². The minimum Gasteiger partial charge on any atom is -0.497 e. The lowest BCUT2D eigenvalue weighted by molar-refractivity contribution is 0.414. The van der Waals surface area contributed by atoms with E-state index in [4.69, 9.17) is 10.5 Å². The average molecular weight is 338 g/mol. The lowest BCUT2D eigenvalue weighted by Crippen LogP contribution is -1.97. The summed E-state index contributed by atoms with van der Waals surface area (Å²) >= 11 is 5.27. The van der Waals surface area contributed by atoms with Crippen molar-refractivity contribution < 1.29 is 4.74 Å². The van der Waals surface area contributed by atoms with Crippen LogP contribution in [0.15, 0.2) is 45.8 Å². The second-order valence-electron chi connectivity index (χ2n) is 4.21. The van der Waals surface area contributed by atoms with Crippen LogP contribution in [-0.4, -0.2) is 13.4 Å². The summed E-state index contributed by atoms with van der Waals surface area (Å²) < 4.78 is 6.25. The molecule has 0 unspecified atom stereocenters.